The van der Waals surface area contributed by atoms with Crippen molar-refractivity contribution >= 4 is 17.5 Å². The van der Waals surface area contributed by atoms with Crippen LogP contribution < -0.4 is 4.90 Å². The van der Waals surface area contributed by atoms with Crippen molar-refractivity contribution in [1.82, 2.24) is 9.80 Å². The molecule has 2 fully saturated rings. The Labute approximate surface area is 192 Å². The lowest BCUT2D eigenvalue weighted by atomic mass is 9.94. The summed E-state index contributed by atoms with van der Waals surface area (Å²) in [6, 6.07) is 16.4. The Hall–Kier alpha value is -2.82. The maximum atomic E-state index is 13.0. The molecule has 0 bridgehead atoms. The van der Waals surface area contributed by atoms with Crippen molar-refractivity contribution in [2.45, 2.75) is 45.6 Å². The van der Waals surface area contributed by atoms with Crippen molar-refractivity contribution in [2.75, 3.05) is 38.1 Å². The minimum absolute atomic E-state index is 0.00598. The Bertz CT molecular complexity index is 926. The molecule has 0 saturated carbocycles. The summed E-state index contributed by atoms with van der Waals surface area (Å²) >= 11 is 0. The van der Waals surface area contributed by atoms with Crippen LogP contribution in [-0.2, 0) is 11.3 Å². The molecule has 0 N–H and O–H groups in total. The molecule has 4 rings (SSSR count). The van der Waals surface area contributed by atoms with Crippen LogP contribution in [-0.4, -0.2) is 54.8 Å². The standard InChI is InChI=1S/C27H35N3O2/c1-21-8-4-5-9-25(21)27(32)30-18-14-23(15-19-30)26(31)28(2)20-22-10-12-24(13-11-22)29-16-6-3-7-17-29/h4-5,8-13,23H,3,6-7,14-20H2,1-2H3. The molecule has 170 valence electrons. The summed E-state index contributed by atoms with van der Waals surface area (Å²) in [4.78, 5) is 32.1. The van der Waals surface area contributed by atoms with Crippen molar-refractivity contribution < 1.29 is 9.59 Å². The molecule has 2 aliphatic heterocycles. The van der Waals surface area contributed by atoms with Gasteiger partial charge in [0.1, 0.15) is 0 Å². The first kappa shape index (κ1) is 22.4. The molecule has 5 nitrogen and oxygen atoms in total. The Kier molecular flexibility index (Phi) is 7.13. The second kappa shape index (κ2) is 10.2. The van der Waals surface area contributed by atoms with Crippen LogP contribution in [0.1, 0.15) is 53.6 Å². The maximum absolute atomic E-state index is 13.0. The van der Waals surface area contributed by atoms with Gasteiger partial charge in [0.25, 0.3) is 5.91 Å². The number of amides is 2. The average molecular weight is 434 g/mol. The second-order valence-corrected chi connectivity index (χ2v) is 9.29. The van der Waals surface area contributed by atoms with Crippen LogP contribution in [0.15, 0.2) is 48.5 Å². The number of hydrogen-bond acceptors (Lipinski definition) is 3. The molecule has 0 atom stereocenters. The Balaban J connectivity index is 1.28. The van der Waals surface area contributed by atoms with E-state index < -0.39 is 0 Å². The monoisotopic (exact) mass is 433 g/mol. The molecule has 0 radical (unpaired) electrons. The molecule has 2 aliphatic rings. The molecule has 2 amide bonds. The zero-order valence-corrected chi connectivity index (χ0v) is 19.4. The van der Waals surface area contributed by atoms with Crippen LogP contribution in [0.25, 0.3) is 0 Å². The number of benzene rings is 2. The highest BCUT2D eigenvalue weighted by molar-refractivity contribution is 5.95. The van der Waals surface area contributed by atoms with Gasteiger partial charge in [-0.25, -0.2) is 0 Å². The van der Waals surface area contributed by atoms with Gasteiger partial charge in [0.05, 0.1) is 0 Å². The lowest BCUT2D eigenvalue weighted by Gasteiger charge is -2.33. The van der Waals surface area contributed by atoms with Crippen molar-refractivity contribution in [3.8, 4) is 0 Å². The summed E-state index contributed by atoms with van der Waals surface area (Å²) in [5.41, 5.74) is 4.21. The SMILES string of the molecule is Cc1ccccc1C(=O)N1CCC(C(=O)N(C)Cc2ccc(N3CCCCC3)cc2)CC1. The minimum atomic E-state index is -0.00598. The minimum Gasteiger partial charge on any atom is -0.372 e. The summed E-state index contributed by atoms with van der Waals surface area (Å²) in [7, 11) is 1.89. The fourth-order valence-electron chi connectivity index (χ4n) is 4.94. The largest absolute Gasteiger partial charge is 0.372 e. The maximum Gasteiger partial charge on any atom is 0.254 e. The Morgan fingerprint density at radius 2 is 1.56 bits per heavy atom. The van der Waals surface area contributed by atoms with Gasteiger partial charge in [-0.05, 0) is 68.4 Å². The van der Waals surface area contributed by atoms with E-state index in [9.17, 15) is 9.59 Å². The van der Waals surface area contributed by atoms with Crippen LogP contribution >= 0.6 is 0 Å². The Morgan fingerprint density at radius 3 is 2.22 bits per heavy atom. The fraction of sp³-hybridized carbons (Fsp3) is 0.481. The third kappa shape index (κ3) is 5.14. The molecule has 0 aromatic heterocycles. The first-order valence-corrected chi connectivity index (χ1v) is 12.0. The molecular formula is C27H35N3O2. The third-order valence-corrected chi connectivity index (χ3v) is 6.96. The van der Waals surface area contributed by atoms with Crippen LogP contribution in [0, 0.1) is 12.8 Å². The van der Waals surface area contributed by atoms with E-state index in [1.165, 1.54) is 24.9 Å². The third-order valence-electron chi connectivity index (χ3n) is 6.96. The molecule has 0 unspecified atom stereocenters. The number of carbonyl (C=O) groups is 2. The fourth-order valence-corrected chi connectivity index (χ4v) is 4.94. The summed E-state index contributed by atoms with van der Waals surface area (Å²) < 4.78 is 0. The molecule has 2 aromatic rings. The first-order chi connectivity index (χ1) is 15.5. The highest BCUT2D eigenvalue weighted by atomic mass is 16.2. The average Bonchev–Trinajstić information content (AvgIpc) is 2.84. The van der Waals surface area contributed by atoms with Gasteiger partial charge in [0, 0.05) is 56.9 Å². The highest BCUT2D eigenvalue weighted by Crippen LogP contribution is 2.24. The van der Waals surface area contributed by atoms with Crippen molar-refractivity contribution in [2.24, 2.45) is 5.92 Å². The zero-order valence-electron chi connectivity index (χ0n) is 19.4. The van der Waals surface area contributed by atoms with E-state index in [4.69, 9.17) is 0 Å². The summed E-state index contributed by atoms with van der Waals surface area (Å²) in [6.07, 6.45) is 5.34. The number of hydrogen-bond donors (Lipinski definition) is 0. The van der Waals surface area contributed by atoms with Crippen LogP contribution in [0.5, 0.6) is 0 Å². The number of carbonyl (C=O) groups excluding carboxylic acids is 2. The van der Waals surface area contributed by atoms with E-state index >= 15 is 0 Å². The van der Waals surface area contributed by atoms with Crippen molar-refractivity contribution in [3.05, 3.63) is 65.2 Å². The molecule has 0 aliphatic carbocycles. The lowest BCUT2D eigenvalue weighted by Crippen LogP contribution is -2.43. The summed E-state index contributed by atoms with van der Waals surface area (Å²) in [5.74, 6) is 0.262. The van der Waals surface area contributed by atoms with E-state index in [1.54, 1.807) is 0 Å². The van der Waals surface area contributed by atoms with Gasteiger partial charge >= 0.3 is 0 Å². The quantitative estimate of drug-likeness (QED) is 0.698. The van der Waals surface area contributed by atoms with E-state index in [0.29, 0.717) is 19.6 Å². The summed E-state index contributed by atoms with van der Waals surface area (Å²) in [5, 5.41) is 0. The van der Waals surface area contributed by atoms with Gasteiger partial charge in [0.2, 0.25) is 5.91 Å². The van der Waals surface area contributed by atoms with Gasteiger partial charge in [-0.2, -0.15) is 0 Å². The van der Waals surface area contributed by atoms with Crippen molar-refractivity contribution in [3.63, 3.8) is 0 Å². The Morgan fingerprint density at radius 1 is 0.906 bits per heavy atom. The van der Waals surface area contributed by atoms with Gasteiger partial charge in [-0.3, -0.25) is 9.59 Å². The van der Waals surface area contributed by atoms with E-state index in [2.05, 4.69) is 29.2 Å². The molecule has 0 spiro atoms. The number of likely N-dealkylation sites (tertiary alicyclic amines) is 1. The number of nitrogens with zero attached hydrogens (tertiary/aromatic N) is 3. The molecule has 32 heavy (non-hydrogen) atoms. The van der Waals surface area contributed by atoms with Gasteiger partial charge < -0.3 is 14.7 Å². The number of aryl methyl sites for hydroxylation is 1. The topological polar surface area (TPSA) is 43.9 Å². The first-order valence-electron chi connectivity index (χ1n) is 12.0. The predicted molar refractivity (Wildman–Crippen MR) is 129 cm³/mol. The van der Waals surface area contributed by atoms with Crippen molar-refractivity contribution in [1.29, 1.82) is 0 Å². The number of anilines is 1. The molecule has 2 saturated heterocycles. The van der Waals surface area contributed by atoms with Gasteiger partial charge in [-0.1, -0.05) is 30.3 Å². The predicted octanol–water partition coefficient (Wildman–Crippen LogP) is 4.50. The van der Waals surface area contributed by atoms with Crippen LogP contribution in [0.2, 0.25) is 0 Å². The molecular weight excluding hydrogens is 398 g/mol. The van der Waals surface area contributed by atoms with E-state index in [1.807, 2.05) is 48.0 Å². The lowest BCUT2D eigenvalue weighted by molar-refractivity contribution is -0.136. The highest BCUT2D eigenvalue weighted by Gasteiger charge is 2.29. The van der Waals surface area contributed by atoms with Crippen LogP contribution in [0.4, 0.5) is 5.69 Å². The van der Waals surface area contributed by atoms with Gasteiger partial charge in [-0.15, -0.1) is 0 Å². The van der Waals surface area contributed by atoms with Gasteiger partial charge in [0.15, 0.2) is 0 Å². The zero-order chi connectivity index (χ0) is 22.5. The smallest absolute Gasteiger partial charge is 0.254 e. The molecule has 2 heterocycles. The summed E-state index contributed by atoms with van der Waals surface area (Å²) in [6.45, 7) is 6.16. The van der Waals surface area contributed by atoms with E-state index in [-0.39, 0.29) is 17.7 Å². The molecule has 5 heteroatoms. The van der Waals surface area contributed by atoms with Crippen LogP contribution in [0.3, 0.4) is 0 Å². The number of rotatable bonds is 5. The van der Waals surface area contributed by atoms with E-state index in [0.717, 1.165) is 42.6 Å². The second-order valence-electron chi connectivity index (χ2n) is 9.29. The molecule has 2 aromatic carbocycles. The normalized spacial score (nSPS) is 17.3. The number of piperidine rings is 2.